The number of carbonyl (C=O) groups excluding carboxylic acids is 1. The molecule has 6 nitrogen and oxygen atoms in total. The van der Waals surface area contributed by atoms with E-state index in [2.05, 4.69) is 0 Å². The maximum absolute atomic E-state index is 12.2. The fraction of sp³-hybridized carbons (Fsp3) is 0.533. The van der Waals surface area contributed by atoms with Crippen LogP contribution in [-0.2, 0) is 22.5 Å². The molecular weight excluding hydrogens is 276 g/mol. The number of phenolic OH excluding ortho intramolecular Hbond substituents is 1. The van der Waals surface area contributed by atoms with Gasteiger partial charge in [0.15, 0.2) is 11.6 Å². The molecule has 1 aliphatic carbocycles. The maximum atomic E-state index is 12.2. The minimum atomic E-state index is -1.32. The van der Waals surface area contributed by atoms with Crippen LogP contribution in [0.25, 0.3) is 0 Å². The summed E-state index contributed by atoms with van der Waals surface area (Å²) in [5.74, 6) is -1.74. The molecule has 0 aromatic heterocycles. The van der Waals surface area contributed by atoms with E-state index in [9.17, 15) is 20.1 Å². The highest BCUT2D eigenvalue weighted by atomic mass is 16.6. The van der Waals surface area contributed by atoms with E-state index >= 15 is 0 Å². The van der Waals surface area contributed by atoms with Crippen molar-refractivity contribution in [3.8, 4) is 5.75 Å². The number of benzene rings is 1. The van der Waals surface area contributed by atoms with Crippen LogP contribution in [0.5, 0.6) is 5.75 Å². The molecule has 1 heterocycles. The zero-order valence-electron chi connectivity index (χ0n) is 11.9. The third-order valence-electron chi connectivity index (χ3n) is 4.21. The standard InChI is InChI=1S/C15H18O6/c1-15(19)5-7-3-8-12(14(18)9(7)6-21-15)10(16)4-11(20-2)13(8)17/h3,11,13,17-19H,4-6H2,1-2H3. The molecule has 0 spiro atoms. The predicted octanol–water partition coefficient (Wildman–Crippen LogP) is 0.808. The summed E-state index contributed by atoms with van der Waals surface area (Å²) < 4.78 is 10.4. The first-order valence-corrected chi connectivity index (χ1v) is 6.82. The molecule has 1 aromatic carbocycles. The van der Waals surface area contributed by atoms with Crippen molar-refractivity contribution in [3.05, 3.63) is 28.3 Å². The maximum Gasteiger partial charge on any atom is 0.169 e. The molecule has 6 heteroatoms. The van der Waals surface area contributed by atoms with E-state index in [4.69, 9.17) is 9.47 Å². The van der Waals surface area contributed by atoms with Crippen molar-refractivity contribution in [2.75, 3.05) is 7.11 Å². The number of ketones is 1. The van der Waals surface area contributed by atoms with Crippen molar-refractivity contribution in [1.29, 1.82) is 0 Å². The summed E-state index contributed by atoms with van der Waals surface area (Å²) in [6, 6.07) is 1.66. The Morgan fingerprint density at radius 2 is 2.19 bits per heavy atom. The van der Waals surface area contributed by atoms with Gasteiger partial charge in [-0.15, -0.1) is 0 Å². The number of phenols is 1. The highest BCUT2D eigenvalue weighted by molar-refractivity contribution is 6.02. The predicted molar refractivity (Wildman–Crippen MR) is 71.9 cm³/mol. The first-order chi connectivity index (χ1) is 9.84. The van der Waals surface area contributed by atoms with Crippen LogP contribution in [0.3, 0.4) is 0 Å². The first kappa shape index (κ1) is 14.5. The molecule has 1 aliphatic heterocycles. The molecule has 0 amide bonds. The van der Waals surface area contributed by atoms with Gasteiger partial charge < -0.3 is 24.8 Å². The van der Waals surface area contributed by atoms with Gasteiger partial charge in [-0.3, -0.25) is 4.79 Å². The molecule has 3 rings (SSSR count). The monoisotopic (exact) mass is 294 g/mol. The van der Waals surface area contributed by atoms with Gasteiger partial charge in [-0.1, -0.05) is 6.07 Å². The largest absolute Gasteiger partial charge is 0.507 e. The molecule has 0 saturated heterocycles. The fourth-order valence-electron chi connectivity index (χ4n) is 3.07. The lowest BCUT2D eigenvalue weighted by Crippen LogP contribution is -2.36. The van der Waals surface area contributed by atoms with Gasteiger partial charge in [0.25, 0.3) is 0 Å². The van der Waals surface area contributed by atoms with Crippen LogP contribution in [-0.4, -0.2) is 40.1 Å². The average Bonchev–Trinajstić information content (AvgIpc) is 2.41. The Labute approximate surface area is 121 Å². The van der Waals surface area contributed by atoms with Gasteiger partial charge in [-0.05, 0) is 18.1 Å². The quantitative estimate of drug-likeness (QED) is 0.709. The van der Waals surface area contributed by atoms with E-state index < -0.39 is 18.0 Å². The van der Waals surface area contributed by atoms with Gasteiger partial charge in [0.05, 0.1) is 18.3 Å². The van der Waals surface area contributed by atoms with Crippen LogP contribution in [0.15, 0.2) is 6.07 Å². The molecule has 0 fully saturated rings. The molecule has 3 N–H and O–H groups in total. The van der Waals surface area contributed by atoms with Crippen LogP contribution in [0.2, 0.25) is 0 Å². The Morgan fingerprint density at radius 1 is 1.48 bits per heavy atom. The molecule has 0 saturated carbocycles. The van der Waals surface area contributed by atoms with Crippen LogP contribution in [0.4, 0.5) is 0 Å². The van der Waals surface area contributed by atoms with Crippen molar-refractivity contribution < 1.29 is 29.6 Å². The van der Waals surface area contributed by atoms with E-state index in [1.807, 2.05) is 0 Å². The summed E-state index contributed by atoms with van der Waals surface area (Å²) in [6.07, 6.45) is -1.40. The van der Waals surface area contributed by atoms with Crippen LogP contribution in [0.1, 0.15) is 46.5 Å². The highest BCUT2D eigenvalue weighted by Gasteiger charge is 2.39. The van der Waals surface area contributed by atoms with Crippen molar-refractivity contribution >= 4 is 5.78 Å². The summed E-state index contributed by atoms with van der Waals surface area (Å²) in [5.41, 5.74) is 1.66. The molecule has 21 heavy (non-hydrogen) atoms. The molecule has 114 valence electrons. The van der Waals surface area contributed by atoms with E-state index in [-0.39, 0.29) is 36.5 Å². The van der Waals surface area contributed by atoms with Crippen LogP contribution in [0, 0.1) is 0 Å². The van der Waals surface area contributed by atoms with E-state index in [0.717, 1.165) is 0 Å². The normalized spacial score (nSPS) is 31.7. The minimum Gasteiger partial charge on any atom is -0.507 e. The molecule has 1 aromatic rings. The molecule has 3 atom stereocenters. The summed E-state index contributed by atoms with van der Waals surface area (Å²) in [6.45, 7) is 1.56. The lowest BCUT2D eigenvalue weighted by atomic mass is 9.81. The van der Waals surface area contributed by atoms with Gasteiger partial charge in [-0.25, -0.2) is 0 Å². The summed E-state index contributed by atoms with van der Waals surface area (Å²) >= 11 is 0. The molecule has 2 aliphatic rings. The number of rotatable bonds is 1. The Bertz CT molecular complexity index is 607. The fourth-order valence-corrected chi connectivity index (χ4v) is 3.07. The second-order valence-electron chi connectivity index (χ2n) is 5.81. The number of ether oxygens (including phenoxy) is 2. The third kappa shape index (κ3) is 2.24. The SMILES string of the molecule is COC1CC(=O)c2c(cc3c(c2O)COC(C)(O)C3)C1O. The molecule has 0 radical (unpaired) electrons. The topological polar surface area (TPSA) is 96.2 Å². The van der Waals surface area contributed by atoms with E-state index in [1.165, 1.54) is 14.0 Å². The zero-order valence-corrected chi connectivity index (χ0v) is 11.9. The Kier molecular flexibility index (Phi) is 3.29. The highest BCUT2D eigenvalue weighted by Crippen LogP contribution is 2.42. The third-order valence-corrected chi connectivity index (χ3v) is 4.21. The molecule has 0 bridgehead atoms. The average molecular weight is 294 g/mol. The molecular formula is C15H18O6. The second kappa shape index (κ2) is 4.78. The van der Waals surface area contributed by atoms with Gasteiger partial charge in [0.2, 0.25) is 0 Å². The Hall–Kier alpha value is -1.47. The lowest BCUT2D eigenvalue weighted by molar-refractivity contribution is -0.204. The number of aliphatic hydroxyl groups is 2. The lowest BCUT2D eigenvalue weighted by Gasteiger charge is -2.34. The van der Waals surface area contributed by atoms with Crippen molar-refractivity contribution in [1.82, 2.24) is 0 Å². The number of carbonyl (C=O) groups is 1. The number of aromatic hydroxyl groups is 1. The van der Waals surface area contributed by atoms with Gasteiger partial charge in [-0.2, -0.15) is 0 Å². The minimum absolute atomic E-state index is 0.0234. The first-order valence-electron chi connectivity index (χ1n) is 6.82. The Morgan fingerprint density at radius 3 is 2.86 bits per heavy atom. The van der Waals surface area contributed by atoms with Crippen molar-refractivity contribution in [2.45, 2.75) is 44.4 Å². The number of fused-ring (bicyclic) bond motifs is 2. The van der Waals surface area contributed by atoms with E-state index in [0.29, 0.717) is 16.7 Å². The number of hydrogen-bond acceptors (Lipinski definition) is 6. The molecule has 3 unspecified atom stereocenters. The summed E-state index contributed by atoms with van der Waals surface area (Å²) in [5, 5.41) is 30.7. The van der Waals surface area contributed by atoms with Gasteiger partial charge in [0.1, 0.15) is 11.9 Å². The summed E-state index contributed by atoms with van der Waals surface area (Å²) in [7, 11) is 1.43. The van der Waals surface area contributed by atoms with Crippen molar-refractivity contribution in [2.24, 2.45) is 0 Å². The van der Waals surface area contributed by atoms with E-state index in [1.54, 1.807) is 6.07 Å². The number of hydrogen-bond donors (Lipinski definition) is 3. The van der Waals surface area contributed by atoms with Crippen LogP contribution < -0.4 is 0 Å². The number of aliphatic hydroxyl groups excluding tert-OH is 1. The number of Topliss-reactive ketones (excluding diaryl/α,β-unsaturated/α-hetero) is 1. The number of methoxy groups -OCH3 is 1. The second-order valence-corrected chi connectivity index (χ2v) is 5.81. The summed E-state index contributed by atoms with van der Waals surface area (Å²) in [4.78, 5) is 12.2. The van der Waals surface area contributed by atoms with Gasteiger partial charge in [0, 0.05) is 25.5 Å². The van der Waals surface area contributed by atoms with Crippen LogP contribution >= 0.6 is 0 Å². The zero-order chi connectivity index (χ0) is 15.4. The smallest absolute Gasteiger partial charge is 0.169 e. The van der Waals surface area contributed by atoms with Crippen molar-refractivity contribution in [3.63, 3.8) is 0 Å². The Balaban J connectivity index is 2.16. The van der Waals surface area contributed by atoms with Gasteiger partial charge >= 0.3 is 0 Å².